The summed E-state index contributed by atoms with van der Waals surface area (Å²) in [6.45, 7) is 8.26. The van der Waals surface area contributed by atoms with E-state index < -0.39 is 18.3 Å². The van der Waals surface area contributed by atoms with Crippen molar-refractivity contribution >= 4 is 45.5 Å². The molecule has 3 aromatic carbocycles. The zero-order chi connectivity index (χ0) is 21.4. The minimum Gasteiger partial charge on any atom is -0.456 e. The van der Waals surface area contributed by atoms with E-state index in [1.54, 1.807) is 0 Å². The molecule has 0 amide bonds. The molecule has 3 heterocycles. The van der Waals surface area contributed by atoms with E-state index in [9.17, 15) is 0 Å². The molecule has 0 bridgehead atoms. The normalized spacial score (nSPS) is 17.9. The first-order valence-corrected chi connectivity index (χ1v) is 10.6. The summed E-state index contributed by atoms with van der Waals surface area (Å²) in [5, 5.41) is 3.14. The largest absolute Gasteiger partial charge is 0.499 e. The lowest BCUT2D eigenvalue weighted by Gasteiger charge is -2.32. The lowest BCUT2D eigenvalue weighted by Crippen LogP contribution is -2.41. The van der Waals surface area contributed by atoms with E-state index in [0.29, 0.717) is 0 Å². The van der Waals surface area contributed by atoms with Crippen LogP contribution in [-0.4, -0.2) is 18.3 Å². The van der Waals surface area contributed by atoms with Crippen molar-refractivity contribution in [3.05, 3.63) is 66.7 Å². The van der Waals surface area contributed by atoms with E-state index in [1.807, 2.05) is 48.5 Å². The molecule has 0 atom stereocenters. The summed E-state index contributed by atoms with van der Waals surface area (Å²) < 4.78 is 25.6. The van der Waals surface area contributed by atoms with Crippen molar-refractivity contribution in [1.29, 1.82) is 0 Å². The fourth-order valence-electron chi connectivity index (χ4n) is 4.39. The molecule has 0 spiro atoms. The zero-order valence-electron chi connectivity index (χ0n) is 18.1. The molecule has 6 rings (SSSR count). The second kappa shape index (κ2) is 6.25. The highest BCUT2D eigenvalue weighted by molar-refractivity contribution is 6.67. The Hall–Kier alpha value is -3.02. The van der Waals surface area contributed by atoms with Gasteiger partial charge in [0, 0.05) is 21.6 Å². The average Bonchev–Trinajstić information content (AvgIpc) is 3.37. The van der Waals surface area contributed by atoms with Crippen molar-refractivity contribution in [2.75, 3.05) is 0 Å². The van der Waals surface area contributed by atoms with E-state index in [4.69, 9.17) is 18.1 Å². The first-order chi connectivity index (χ1) is 14.9. The van der Waals surface area contributed by atoms with Crippen LogP contribution in [0.3, 0.4) is 0 Å². The average molecular weight is 410 g/mol. The van der Waals surface area contributed by atoms with Gasteiger partial charge in [-0.2, -0.15) is 0 Å². The molecule has 31 heavy (non-hydrogen) atoms. The molecular formula is C26H23BO4. The Bertz CT molecular complexity index is 1440. The number of benzene rings is 3. The molecule has 0 N–H and O–H groups in total. The quantitative estimate of drug-likeness (QED) is 0.321. The van der Waals surface area contributed by atoms with Gasteiger partial charge in [-0.25, -0.2) is 0 Å². The highest BCUT2D eigenvalue weighted by atomic mass is 16.7. The first kappa shape index (κ1) is 18.7. The lowest BCUT2D eigenvalue weighted by molar-refractivity contribution is 0.00578. The van der Waals surface area contributed by atoms with E-state index in [0.717, 1.165) is 49.7 Å². The van der Waals surface area contributed by atoms with Gasteiger partial charge in [0.1, 0.15) is 22.5 Å². The van der Waals surface area contributed by atoms with E-state index in [1.165, 1.54) is 0 Å². The van der Waals surface area contributed by atoms with E-state index in [-0.39, 0.29) is 0 Å². The van der Waals surface area contributed by atoms with Gasteiger partial charge in [0.15, 0.2) is 0 Å². The molecule has 1 aliphatic heterocycles. The molecule has 0 saturated carbocycles. The van der Waals surface area contributed by atoms with Gasteiger partial charge in [-0.05, 0) is 45.9 Å². The number of furan rings is 2. The Morgan fingerprint density at radius 2 is 1.19 bits per heavy atom. The molecule has 154 valence electrons. The highest BCUT2D eigenvalue weighted by Gasteiger charge is 2.53. The fraction of sp³-hybridized carbons (Fsp3) is 0.231. The predicted octanol–water partition coefficient (Wildman–Crippen LogP) is 6.30. The molecule has 2 aromatic heterocycles. The smallest absolute Gasteiger partial charge is 0.456 e. The fourth-order valence-corrected chi connectivity index (χ4v) is 4.39. The summed E-state index contributed by atoms with van der Waals surface area (Å²) in [5.41, 5.74) is 3.38. The standard InChI is InChI=1S/C26H23BO4/c1-25(2)26(3,4)31-27(30-25)22-18-11-6-8-15-21(18)29-24(22)19-13-9-12-17-16-10-5-7-14-20(16)28-23(17)19/h5-15H,1-4H3. The Labute approximate surface area is 180 Å². The molecule has 5 heteroatoms. The number of hydrogen-bond acceptors (Lipinski definition) is 4. The topological polar surface area (TPSA) is 44.7 Å². The summed E-state index contributed by atoms with van der Waals surface area (Å²) in [7, 11) is -0.539. The monoisotopic (exact) mass is 410 g/mol. The van der Waals surface area contributed by atoms with Crippen LogP contribution in [0.1, 0.15) is 27.7 Å². The van der Waals surface area contributed by atoms with Crippen LogP contribution in [0, 0.1) is 0 Å². The molecule has 4 nitrogen and oxygen atoms in total. The van der Waals surface area contributed by atoms with Crippen LogP contribution in [0.2, 0.25) is 0 Å². The summed E-state index contributed by atoms with van der Waals surface area (Å²) in [4.78, 5) is 0. The maximum atomic E-state index is 6.44. The maximum Gasteiger partial charge on any atom is 0.499 e. The van der Waals surface area contributed by atoms with Gasteiger partial charge >= 0.3 is 7.12 Å². The second-order valence-corrected chi connectivity index (χ2v) is 9.21. The molecule has 1 aliphatic rings. The van der Waals surface area contributed by atoms with Crippen LogP contribution in [-0.2, 0) is 9.31 Å². The van der Waals surface area contributed by atoms with Gasteiger partial charge in [0.2, 0.25) is 0 Å². The highest BCUT2D eigenvalue weighted by Crippen LogP contribution is 2.41. The summed E-state index contributed by atoms with van der Waals surface area (Å²) in [6, 6.07) is 22.3. The van der Waals surface area contributed by atoms with Gasteiger partial charge in [-0.3, -0.25) is 0 Å². The van der Waals surface area contributed by atoms with Gasteiger partial charge in [0.25, 0.3) is 0 Å². The van der Waals surface area contributed by atoms with Crippen molar-refractivity contribution in [1.82, 2.24) is 0 Å². The Balaban J connectivity index is 1.64. The molecule has 0 aliphatic carbocycles. The van der Waals surface area contributed by atoms with E-state index in [2.05, 4.69) is 45.9 Å². The van der Waals surface area contributed by atoms with Crippen molar-refractivity contribution in [2.24, 2.45) is 0 Å². The van der Waals surface area contributed by atoms with Crippen molar-refractivity contribution in [3.8, 4) is 11.3 Å². The molecule has 0 unspecified atom stereocenters. The minimum absolute atomic E-state index is 0.446. The van der Waals surface area contributed by atoms with Gasteiger partial charge in [-0.1, -0.05) is 48.5 Å². The predicted molar refractivity (Wildman–Crippen MR) is 125 cm³/mol. The Morgan fingerprint density at radius 1 is 0.613 bits per heavy atom. The third-order valence-electron chi connectivity index (χ3n) is 6.77. The third-order valence-corrected chi connectivity index (χ3v) is 6.77. The molecule has 5 aromatic rings. The first-order valence-electron chi connectivity index (χ1n) is 10.6. The van der Waals surface area contributed by atoms with Crippen LogP contribution >= 0.6 is 0 Å². The molecule has 1 saturated heterocycles. The van der Waals surface area contributed by atoms with Crippen LogP contribution in [0.15, 0.2) is 75.6 Å². The zero-order valence-corrected chi connectivity index (χ0v) is 18.1. The summed E-state index contributed by atoms with van der Waals surface area (Å²) in [6.07, 6.45) is 0. The second-order valence-electron chi connectivity index (χ2n) is 9.21. The maximum absolute atomic E-state index is 6.44. The van der Waals surface area contributed by atoms with E-state index >= 15 is 0 Å². The van der Waals surface area contributed by atoms with Crippen molar-refractivity contribution < 1.29 is 18.1 Å². The number of fused-ring (bicyclic) bond motifs is 4. The number of para-hydroxylation sites is 3. The van der Waals surface area contributed by atoms with Crippen LogP contribution in [0.25, 0.3) is 44.2 Å². The van der Waals surface area contributed by atoms with Gasteiger partial charge in [0.05, 0.1) is 16.8 Å². The number of rotatable bonds is 2. The Kier molecular flexibility index (Phi) is 3.78. The molecule has 1 fully saturated rings. The van der Waals surface area contributed by atoms with Crippen molar-refractivity contribution in [3.63, 3.8) is 0 Å². The van der Waals surface area contributed by atoms with Crippen LogP contribution < -0.4 is 5.46 Å². The van der Waals surface area contributed by atoms with Gasteiger partial charge < -0.3 is 18.1 Å². The molecule has 0 radical (unpaired) electrons. The van der Waals surface area contributed by atoms with Crippen LogP contribution in [0.5, 0.6) is 0 Å². The SMILES string of the molecule is CC1(C)OB(c2c(-c3cccc4c3oc3ccccc34)oc3ccccc23)OC1(C)C. The third kappa shape index (κ3) is 2.63. The van der Waals surface area contributed by atoms with Crippen molar-refractivity contribution in [2.45, 2.75) is 38.9 Å². The minimum atomic E-state index is -0.539. The molecular weight excluding hydrogens is 387 g/mol. The Morgan fingerprint density at radius 3 is 1.90 bits per heavy atom. The lowest BCUT2D eigenvalue weighted by atomic mass is 9.75. The van der Waals surface area contributed by atoms with Gasteiger partial charge in [-0.15, -0.1) is 0 Å². The summed E-state index contributed by atoms with van der Waals surface area (Å²) in [5.74, 6) is 0.726. The summed E-state index contributed by atoms with van der Waals surface area (Å²) >= 11 is 0. The van der Waals surface area contributed by atoms with Crippen LogP contribution in [0.4, 0.5) is 0 Å². The number of hydrogen-bond donors (Lipinski definition) is 0.